The fourth-order valence-corrected chi connectivity index (χ4v) is 3.89. The summed E-state index contributed by atoms with van der Waals surface area (Å²) in [6.07, 6.45) is 1.63. The Balaban J connectivity index is 0.00000385. The van der Waals surface area contributed by atoms with Gasteiger partial charge >= 0.3 is 6.09 Å². The number of carbonyl (C=O) groups excluding carboxylic acids is 1. The highest BCUT2D eigenvalue weighted by Gasteiger charge is 2.26. The van der Waals surface area contributed by atoms with Crippen LogP contribution in [-0.4, -0.2) is 109 Å². The van der Waals surface area contributed by atoms with Crippen molar-refractivity contribution in [3.05, 3.63) is 24.4 Å². The molecule has 33 heavy (non-hydrogen) atoms. The smallest absolute Gasteiger partial charge is 0.410 e. The third kappa shape index (κ3) is 8.80. The first-order chi connectivity index (χ1) is 15.4. The second kappa shape index (κ2) is 13.2. The molecule has 0 radical (unpaired) electrons. The van der Waals surface area contributed by atoms with E-state index in [0.29, 0.717) is 13.1 Å². The monoisotopic (exact) mass is 573 g/mol. The Morgan fingerprint density at radius 1 is 1.06 bits per heavy atom. The van der Waals surface area contributed by atoms with Crippen LogP contribution in [0.2, 0.25) is 0 Å². The Kier molecular flexibility index (Phi) is 10.9. The molecule has 186 valence electrons. The van der Waals surface area contributed by atoms with Crippen LogP contribution < -0.4 is 10.2 Å². The molecular weight excluding hydrogens is 533 g/mol. The molecular formula is C23H40IN7O2. The molecule has 10 heteroatoms. The number of guanidine groups is 1. The molecule has 0 bridgehead atoms. The minimum atomic E-state index is -0.450. The molecule has 0 spiro atoms. The third-order valence-corrected chi connectivity index (χ3v) is 5.59. The first-order valence-corrected chi connectivity index (χ1v) is 11.8. The molecule has 2 aliphatic rings. The number of anilines is 1. The minimum Gasteiger partial charge on any atom is -0.444 e. The highest BCUT2D eigenvalue weighted by molar-refractivity contribution is 14.0. The van der Waals surface area contributed by atoms with Gasteiger partial charge in [0.05, 0.1) is 6.54 Å². The molecule has 2 aliphatic heterocycles. The van der Waals surface area contributed by atoms with E-state index in [1.54, 1.807) is 4.90 Å². The zero-order valence-corrected chi connectivity index (χ0v) is 22.8. The molecule has 2 fully saturated rings. The van der Waals surface area contributed by atoms with Crippen LogP contribution in [0.25, 0.3) is 0 Å². The van der Waals surface area contributed by atoms with Crippen LogP contribution in [0.5, 0.6) is 0 Å². The van der Waals surface area contributed by atoms with E-state index in [-0.39, 0.29) is 30.1 Å². The number of piperazine rings is 2. The lowest BCUT2D eigenvalue weighted by molar-refractivity contribution is 0.0148. The number of nitrogens with zero attached hydrogens (tertiary/aromatic N) is 6. The highest BCUT2D eigenvalue weighted by atomic mass is 127. The fourth-order valence-electron chi connectivity index (χ4n) is 3.89. The predicted molar refractivity (Wildman–Crippen MR) is 144 cm³/mol. The van der Waals surface area contributed by atoms with Gasteiger partial charge in [0.15, 0.2) is 5.96 Å². The van der Waals surface area contributed by atoms with Crippen LogP contribution in [0.1, 0.15) is 27.7 Å². The van der Waals surface area contributed by atoms with E-state index in [4.69, 9.17) is 9.73 Å². The Labute approximate surface area is 215 Å². The quantitative estimate of drug-likeness (QED) is 0.329. The van der Waals surface area contributed by atoms with E-state index < -0.39 is 5.60 Å². The molecule has 0 aliphatic carbocycles. The molecule has 1 aromatic rings. The topological polar surface area (TPSA) is 76.5 Å². The van der Waals surface area contributed by atoms with Crippen molar-refractivity contribution in [2.24, 2.45) is 4.99 Å². The Bertz CT molecular complexity index is 741. The molecule has 2 saturated heterocycles. The second-order valence-electron chi connectivity index (χ2n) is 9.21. The van der Waals surface area contributed by atoms with E-state index in [2.05, 4.69) is 38.0 Å². The molecule has 0 saturated carbocycles. The van der Waals surface area contributed by atoms with Crippen molar-refractivity contribution < 1.29 is 9.53 Å². The number of nitrogens with one attached hydrogen (secondary N) is 1. The van der Waals surface area contributed by atoms with E-state index in [9.17, 15) is 4.79 Å². The SMILES string of the molecule is CCNC(=NCCN1CCN(C(=O)OC(C)(C)C)CC1)N1CCN(c2ccccn2)CC1.I. The molecule has 9 nitrogen and oxygen atoms in total. The predicted octanol–water partition coefficient (Wildman–Crippen LogP) is 2.34. The van der Waals surface area contributed by atoms with Gasteiger partial charge in [-0.3, -0.25) is 9.89 Å². The number of rotatable bonds is 5. The number of carbonyl (C=O) groups is 1. The zero-order chi connectivity index (χ0) is 23.0. The summed E-state index contributed by atoms with van der Waals surface area (Å²) in [4.78, 5) is 30.4. The number of aliphatic imine (C=N–C) groups is 1. The molecule has 3 heterocycles. The normalized spacial score (nSPS) is 18.1. The van der Waals surface area contributed by atoms with Crippen molar-refractivity contribution in [3.8, 4) is 0 Å². The lowest BCUT2D eigenvalue weighted by atomic mass is 10.2. The van der Waals surface area contributed by atoms with Gasteiger partial charge in [0.2, 0.25) is 0 Å². The summed E-state index contributed by atoms with van der Waals surface area (Å²) in [5.74, 6) is 2.03. The minimum absolute atomic E-state index is 0. The van der Waals surface area contributed by atoms with Gasteiger partial charge in [-0.25, -0.2) is 9.78 Å². The highest BCUT2D eigenvalue weighted by Crippen LogP contribution is 2.13. The van der Waals surface area contributed by atoms with Crippen molar-refractivity contribution in [1.82, 2.24) is 25.0 Å². The van der Waals surface area contributed by atoms with Crippen molar-refractivity contribution in [2.45, 2.75) is 33.3 Å². The Hall–Kier alpha value is -1.82. The average Bonchev–Trinajstić information content (AvgIpc) is 2.78. The summed E-state index contributed by atoms with van der Waals surface area (Å²) in [5, 5.41) is 3.44. The summed E-state index contributed by atoms with van der Waals surface area (Å²) in [6.45, 7) is 17.2. The van der Waals surface area contributed by atoms with Gasteiger partial charge < -0.3 is 24.8 Å². The zero-order valence-electron chi connectivity index (χ0n) is 20.5. The van der Waals surface area contributed by atoms with E-state index in [1.807, 2.05) is 39.1 Å². The van der Waals surface area contributed by atoms with Crippen molar-refractivity contribution in [3.63, 3.8) is 0 Å². The maximum Gasteiger partial charge on any atom is 0.410 e. The molecule has 1 amide bonds. The lowest BCUT2D eigenvalue weighted by Crippen LogP contribution is -2.53. The van der Waals surface area contributed by atoms with E-state index >= 15 is 0 Å². The van der Waals surface area contributed by atoms with E-state index in [1.165, 1.54) is 0 Å². The number of halogens is 1. The summed E-state index contributed by atoms with van der Waals surface area (Å²) in [5.41, 5.74) is -0.450. The van der Waals surface area contributed by atoms with Crippen LogP contribution in [0.4, 0.5) is 10.6 Å². The van der Waals surface area contributed by atoms with Gasteiger partial charge in [0.25, 0.3) is 0 Å². The van der Waals surface area contributed by atoms with Crippen LogP contribution in [0, 0.1) is 0 Å². The van der Waals surface area contributed by atoms with Gasteiger partial charge in [0, 0.05) is 71.6 Å². The summed E-state index contributed by atoms with van der Waals surface area (Å²) in [6, 6.07) is 6.05. The van der Waals surface area contributed by atoms with E-state index in [0.717, 1.165) is 70.7 Å². The first-order valence-electron chi connectivity index (χ1n) is 11.8. The van der Waals surface area contributed by atoms with Gasteiger partial charge in [-0.2, -0.15) is 0 Å². The van der Waals surface area contributed by atoms with Crippen molar-refractivity contribution in [2.75, 3.05) is 76.9 Å². The second-order valence-corrected chi connectivity index (χ2v) is 9.21. The molecule has 1 N–H and O–H groups in total. The summed E-state index contributed by atoms with van der Waals surface area (Å²) >= 11 is 0. The van der Waals surface area contributed by atoms with Gasteiger partial charge in [0.1, 0.15) is 11.4 Å². The molecule has 0 aromatic carbocycles. The number of amides is 1. The number of aromatic nitrogens is 1. The average molecular weight is 574 g/mol. The fraction of sp³-hybridized carbons (Fsp3) is 0.696. The number of pyridine rings is 1. The van der Waals surface area contributed by atoms with Crippen LogP contribution in [0.15, 0.2) is 29.4 Å². The molecule has 0 atom stereocenters. The Morgan fingerprint density at radius 3 is 2.30 bits per heavy atom. The number of hydrogen-bond acceptors (Lipinski definition) is 6. The van der Waals surface area contributed by atoms with Crippen molar-refractivity contribution >= 4 is 41.8 Å². The summed E-state index contributed by atoms with van der Waals surface area (Å²) < 4.78 is 5.48. The molecule has 3 rings (SSSR count). The van der Waals surface area contributed by atoms with Gasteiger partial charge in [-0.1, -0.05) is 6.07 Å². The maximum absolute atomic E-state index is 12.2. The largest absolute Gasteiger partial charge is 0.444 e. The lowest BCUT2D eigenvalue weighted by Gasteiger charge is -2.37. The van der Waals surface area contributed by atoms with Crippen LogP contribution in [-0.2, 0) is 4.74 Å². The van der Waals surface area contributed by atoms with Crippen LogP contribution >= 0.6 is 24.0 Å². The molecule has 1 aromatic heterocycles. The Morgan fingerprint density at radius 2 is 1.73 bits per heavy atom. The maximum atomic E-state index is 12.2. The summed E-state index contributed by atoms with van der Waals surface area (Å²) in [7, 11) is 0. The number of hydrogen-bond donors (Lipinski definition) is 1. The number of ether oxygens (including phenoxy) is 1. The van der Waals surface area contributed by atoms with Crippen molar-refractivity contribution in [1.29, 1.82) is 0 Å². The third-order valence-electron chi connectivity index (χ3n) is 5.59. The first kappa shape index (κ1) is 27.4. The van der Waals surface area contributed by atoms with Gasteiger partial charge in [-0.15, -0.1) is 24.0 Å². The van der Waals surface area contributed by atoms with Gasteiger partial charge in [-0.05, 0) is 39.8 Å². The van der Waals surface area contributed by atoms with Crippen LogP contribution in [0.3, 0.4) is 0 Å². The molecule has 0 unspecified atom stereocenters. The standard InChI is InChI=1S/C23H39N7O2.HI/c1-5-24-21(29-18-16-28(17-19-29)20-8-6-7-9-25-20)26-10-11-27-12-14-30(15-13-27)22(31)32-23(2,3)4;/h6-9H,5,10-19H2,1-4H3,(H,24,26);1H.